The molecule has 9 aromatic carbocycles. The summed E-state index contributed by atoms with van der Waals surface area (Å²) in [5.41, 5.74) is 19.4. The Hall–Kier alpha value is -7.43. The molecule has 3 heterocycles. The van der Waals surface area contributed by atoms with Crippen molar-refractivity contribution in [2.45, 2.75) is 132 Å². The number of benzene rings is 9. The van der Waals surface area contributed by atoms with Gasteiger partial charge in [0.15, 0.2) is 0 Å². The second-order valence-electron chi connectivity index (χ2n) is 24.4. The van der Waals surface area contributed by atoms with Crippen molar-refractivity contribution in [3.63, 3.8) is 0 Å². The molecular formula is C76H75IrN3O-2. The molecule has 12 aromatic rings. The van der Waals surface area contributed by atoms with Crippen molar-refractivity contribution in [2.24, 2.45) is 0 Å². The van der Waals surface area contributed by atoms with E-state index in [1.54, 1.807) is 6.07 Å². The molecule has 0 saturated carbocycles. The van der Waals surface area contributed by atoms with Crippen molar-refractivity contribution in [3.8, 4) is 50.6 Å². The minimum absolute atomic E-state index is 0. The van der Waals surface area contributed by atoms with Gasteiger partial charge in [0.05, 0.1) is 22.4 Å². The van der Waals surface area contributed by atoms with Crippen molar-refractivity contribution >= 4 is 54.5 Å². The zero-order valence-corrected chi connectivity index (χ0v) is 51.5. The molecule has 0 aliphatic carbocycles. The first-order valence-corrected chi connectivity index (χ1v) is 28.7. The summed E-state index contributed by atoms with van der Waals surface area (Å²) < 4.78 is 34.2. The minimum atomic E-state index is -2.25. The van der Waals surface area contributed by atoms with Crippen molar-refractivity contribution in [3.05, 3.63) is 221 Å². The van der Waals surface area contributed by atoms with Crippen LogP contribution >= 0.6 is 0 Å². The van der Waals surface area contributed by atoms with E-state index in [-0.39, 0.29) is 49.2 Å². The van der Waals surface area contributed by atoms with Crippen LogP contribution in [0.4, 0.5) is 0 Å². The van der Waals surface area contributed by atoms with Crippen LogP contribution in [0, 0.1) is 19.0 Å². The molecule has 0 bridgehead atoms. The number of aryl methyl sites for hydroxylation is 1. The summed E-state index contributed by atoms with van der Waals surface area (Å²) in [6, 6.07) is 64.7. The Balaban J connectivity index is 0.000000195. The molecule has 81 heavy (non-hydrogen) atoms. The summed E-state index contributed by atoms with van der Waals surface area (Å²) in [6.07, 6.45) is 1.83. The first-order chi connectivity index (χ1) is 39.6. The van der Waals surface area contributed by atoms with Crippen LogP contribution < -0.4 is 0 Å². The number of furan rings is 1. The largest absolute Gasteiger partial charge is 0.501 e. The van der Waals surface area contributed by atoms with Gasteiger partial charge in [-0.05, 0) is 155 Å². The molecule has 12 rings (SSSR count). The molecule has 4 nitrogen and oxygen atoms in total. The zero-order valence-electron chi connectivity index (χ0n) is 52.1. The standard InChI is InChI=1S/C45H35N2O.C31H40N.Ir/c1-27(2)36-24-32(29-13-6-5-7-14-29)25-37(28(3)4)43(36)47-41-20-11-10-19-40(41)46-45(47)35-18-12-17-34-39-23-31-22-21-30-15-8-9-16-33(30)38(31)26-42(39)48-44(34)35;1-19(2)24-16-26(20(3)4)30(27(17-24)21(5)6)28-15-23(12-11-22(28)7)29-18-25(13-14-32-29)31(8,9)10;/h5-17,19-28H,1-4H3;11,13-21H,1-10H3;/q2*-1;/i;7D3;. The van der Waals surface area contributed by atoms with Gasteiger partial charge in [0.25, 0.3) is 0 Å². The van der Waals surface area contributed by atoms with E-state index in [4.69, 9.17) is 13.5 Å². The topological polar surface area (TPSA) is 43.9 Å². The van der Waals surface area contributed by atoms with Crippen LogP contribution in [-0.4, -0.2) is 14.5 Å². The summed E-state index contributed by atoms with van der Waals surface area (Å²) in [5.74, 6) is 2.30. The number of hydrogen-bond acceptors (Lipinski definition) is 3. The number of rotatable bonds is 10. The van der Waals surface area contributed by atoms with E-state index in [0.717, 1.165) is 66.7 Å². The molecule has 0 fully saturated rings. The number of nitrogens with zero attached hydrogens (tertiary/aromatic N) is 3. The SMILES string of the molecule is CC(C)c1cc(-c2ccccc2)cc(C(C)C)c1-n1c(-c2[c-]ccc3c2oc2cc4c(ccc5ccccc54)cc23)nc2ccccc21.[2H]C([2H])([2H])c1c[c-]c(-c2cc(C(C)(C)C)ccn2)cc1-c1c(C(C)C)cc(C(C)C)cc1C(C)C.[Ir]. The summed E-state index contributed by atoms with van der Waals surface area (Å²) in [6.45, 7) is 26.6. The molecule has 0 saturated heterocycles. The number of hydrogen-bond donors (Lipinski definition) is 0. The van der Waals surface area contributed by atoms with Gasteiger partial charge in [-0.3, -0.25) is 4.98 Å². The Morgan fingerprint density at radius 2 is 1.22 bits per heavy atom. The average Bonchev–Trinajstić information content (AvgIpc) is 1.85. The average molecular weight is 1240 g/mol. The normalized spacial score (nSPS) is 12.7. The fraction of sp³-hybridized carbons (Fsp3) is 0.263. The quantitative estimate of drug-likeness (QED) is 0.101. The van der Waals surface area contributed by atoms with Gasteiger partial charge in [0, 0.05) is 41.5 Å². The molecule has 0 unspecified atom stereocenters. The molecule has 0 N–H and O–H groups in total. The molecule has 1 radical (unpaired) electrons. The molecule has 411 valence electrons. The Labute approximate surface area is 498 Å². The Kier molecular flexibility index (Phi) is 14.9. The van der Waals surface area contributed by atoms with Crippen LogP contribution in [-0.2, 0) is 25.5 Å². The van der Waals surface area contributed by atoms with Gasteiger partial charge in [-0.25, -0.2) is 0 Å². The first-order valence-electron chi connectivity index (χ1n) is 30.2. The second kappa shape index (κ2) is 22.8. The summed E-state index contributed by atoms with van der Waals surface area (Å²) in [7, 11) is 0. The molecule has 0 amide bonds. The van der Waals surface area contributed by atoms with E-state index in [1.165, 1.54) is 71.7 Å². The van der Waals surface area contributed by atoms with Crippen molar-refractivity contribution < 1.29 is 28.6 Å². The van der Waals surface area contributed by atoms with E-state index in [0.29, 0.717) is 11.5 Å². The Morgan fingerprint density at radius 3 is 1.89 bits per heavy atom. The summed E-state index contributed by atoms with van der Waals surface area (Å²) in [5, 5.41) is 7.02. The zero-order chi connectivity index (χ0) is 58.8. The van der Waals surface area contributed by atoms with E-state index >= 15 is 0 Å². The van der Waals surface area contributed by atoms with Gasteiger partial charge < -0.3 is 14.0 Å². The Morgan fingerprint density at radius 1 is 0.568 bits per heavy atom. The second-order valence-corrected chi connectivity index (χ2v) is 24.4. The minimum Gasteiger partial charge on any atom is -0.501 e. The monoisotopic (exact) mass is 1240 g/mol. The van der Waals surface area contributed by atoms with Gasteiger partial charge >= 0.3 is 0 Å². The van der Waals surface area contributed by atoms with Crippen molar-refractivity contribution in [2.75, 3.05) is 0 Å². The predicted octanol–water partition coefficient (Wildman–Crippen LogP) is 21.8. The van der Waals surface area contributed by atoms with Crippen molar-refractivity contribution in [1.29, 1.82) is 0 Å². The third-order valence-electron chi connectivity index (χ3n) is 16.1. The van der Waals surface area contributed by atoms with Crippen LogP contribution in [0.15, 0.2) is 174 Å². The molecular weight excluding hydrogens is 1160 g/mol. The van der Waals surface area contributed by atoms with Gasteiger partial charge in [0.2, 0.25) is 0 Å². The van der Waals surface area contributed by atoms with Crippen LogP contribution in [0.25, 0.3) is 105 Å². The first kappa shape index (κ1) is 52.9. The van der Waals surface area contributed by atoms with E-state index in [9.17, 15) is 0 Å². The molecule has 0 aliphatic heterocycles. The third-order valence-corrected chi connectivity index (χ3v) is 16.1. The number of pyridine rings is 1. The van der Waals surface area contributed by atoms with Gasteiger partial charge in [-0.1, -0.05) is 210 Å². The summed E-state index contributed by atoms with van der Waals surface area (Å²) in [4.78, 5) is 9.96. The molecule has 0 spiro atoms. The van der Waals surface area contributed by atoms with Gasteiger partial charge in [-0.2, -0.15) is 0 Å². The van der Waals surface area contributed by atoms with Crippen molar-refractivity contribution in [1.82, 2.24) is 14.5 Å². The predicted molar refractivity (Wildman–Crippen MR) is 341 cm³/mol. The van der Waals surface area contributed by atoms with Crippen LogP contribution in [0.5, 0.6) is 0 Å². The molecule has 5 heteroatoms. The third kappa shape index (κ3) is 10.8. The van der Waals surface area contributed by atoms with Crippen LogP contribution in [0.3, 0.4) is 0 Å². The molecule has 0 aliphatic rings. The smallest absolute Gasteiger partial charge is 0.121 e. The maximum absolute atomic E-state index is 8.32. The van der Waals surface area contributed by atoms with Gasteiger partial charge in [-0.15, -0.1) is 47.5 Å². The fourth-order valence-electron chi connectivity index (χ4n) is 11.6. The summed E-state index contributed by atoms with van der Waals surface area (Å²) >= 11 is 0. The maximum Gasteiger partial charge on any atom is 0.121 e. The Bertz CT molecular complexity index is 4340. The van der Waals surface area contributed by atoms with Crippen LogP contribution in [0.2, 0.25) is 0 Å². The molecule has 0 atom stereocenters. The fourth-order valence-corrected chi connectivity index (χ4v) is 11.6. The molecule has 3 aromatic heterocycles. The number of aromatic nitrogens is 3. The van der Waals surface area contributed by atoms with E-state index < -0.39 is 6.85 Å². The number of para-hydroxylation sites is 2. The van der Waals surface area contributed by atoms with E-state index in [2.05, 4.69) is 251 Å². The van der Waals surface area contributed by atoms with E-state index in [1.807, 2.05) is 24.4 Å². The van der Waals surface area contributed by atoms with Gasteiger partial charge in [0.1, 0.15) is 5.58 Å². The van der Waals surface area contributed by atoms with Crippen LogP contribution in [0.1, 0.15) is 163 Å². The maximum atomic E-state index is 8.32. The number of fused-ring (bicyclic) bond motifs is 7. The number of imidazole rings is 1.